The molecule has 0 aliphatic carbocycles. The van der Waals surface area contributed by atoms with Gasteiger partial charge in [-0.25, -0.2) is 4.79 Å². The van der Waals surface area contributed by atoms with Crippen molar-refractivity contribution in [3.05, 3.63) is 71.3 Å². The molecule has 0 radical (unpaired) electrons. The summed E-state index contributed by atoms with van der Waals surface area (Å²) in [6, 6.07) is 16.2. The van der Waals surface area contributed by atoms with Crippen molar-refractivity contribution in [2.75, 3.05) is 7.11 Å². The Kier molecular flexibility index (Phi) is 6.26. The number of methoxy groups -OCH3 is 1. The lowest BCUT2D eigenvalue weighted by Gasteiger charge is -2.19. The monoisotopic (exact) mass is 338 g/mol. The minimum absolute atomic E-state index is 0.148. The SMILES string of the molecule is COC(=O)[C@@H](Cc1cccc(C#N)c1)NC(=O)[C@@H](O)c1ccccc1. The lowest BCUT2D eigenvalue weighted by atomic mass is 10.0. The normalized spacial score (nSPS) is 12.5. The Labute approximate surface area is 145 Å². The fourth-order valence-corrected chi connectivity index (χ4v) is 2.38. The fourth-order valence-electron chi connectivity index (χ4n) is 2.38. The first kappa shape index (κ1) is 18.2. The molecule has 0 aliphatic heterocycles. The molecule has 128 valence electrons. The average molecular weight is 338 g/mol. The number of aliphatic hydroxyl groups is 1. The molecule has 0 spiro atoms. The van der Waals surface area contributed by atoms with Crippen LogP contribution in [0.5, 0.6) is 0 Å². The molecule has 2 atom stereocenters. The van der Waals surface area contributed by atoms with Gasteiger partial charge in [0.2, 0.25) is 0 Å². The Hall–Kier alpha value is -3.17. The standard InChI is InChI=1S/C19H18N2O4/c1-25-19(24)16(11-13-6-5-7-14(10-13)12-20)21-18(23)17(22)15-8-3-2-4-9-15/h2-10,16-17,22H,11H2,1H3,(H,21,23)/t16-,17+/m1/s1. The summed E-state index contributed by atoms with van der Waals surface area (Å²) in [6.07, 6.45) is -1.24. The Morgan fingerprint density at radius 2 is 1.92 bits per heavy atom. The topological polar surface area (TPSA) is 99.4 Å². The molecule has 1 amide bonds. The number of esters is 1. The van der Waals surface area contributed by atoms with E-state index >= 15 is 0 Å². The van der Waals surface area contributed by atoms with Crippen molar-refractivity contribution in [1.29, 1.82) is 5.26 Å². The number of nitrogens with zero attached hydrogens (tertiary/aromatic N) is 1. The van der Waals surface area contributed by atoms with Crippen molar-refractivity contribution >= 4 is 11.9 Å². The van der Waals surface area contributed by atoms with Crippen LogP contribution >= 0.6 is 0 Å². The van der Waals surface area contributed by atoms with Crippen LogP contribution in [0.15, 0.2) is 54.6 Å². The van der Waals surface area contributed by atoms with E-state index in [9.17, 15) is 14.7 Å². The Morgan fingerprint density at radius 1 is 1.20 bits per heavy atom. The maximum absolute atomic E-state index is 12.3. The lowest BCUT2D eigenvalue weighted by Crippen LogP contribution is -2.45. The van der Waals surface area contributed by atoms with Gasteiger partial charge in [0.15, 0.2) is 6.10 Å². The van der Waals surface area contributed by atoms with E-state index in [1.54, 1.807) is 54.6 Å². The number of aliphatic hydroxyl groups excluding tert-OH is 1. The van der Waals surface area contributed by atoms with Crippen molar-refractivity contribution in [1.82, 2.24) is 5.32 Å². The predicted molar refractivity (Wildman–Crippen MR) is 90.2 cm³/mol. The molecule has 0 aromatic heterocycles. The van der Waals surface area contributed by atoms with Crippen LogP contribution in [0.4, 0.5) is 0 Å². The summed E-state index contributed by atoms with van der Waals surface area (Å²) >= 11 is 0. The van der Waals surface area contributed by atoms with Gasteiger partial charge < -0.3 is 15.2 Å². The summed E-state index contributed by atoms with van der Waals surface area (Å²) in [5, 5.41) is 21.6. The molecule has 0 heterocycles. The number of hydrogen-bond donors (Lipinski definition) is 2. The van der Waals surface area contributed by atoms with Gasteiger partial charge in [0.1, 0.15) is 6.04 Å². The number of amides is 1. The first-order valence-electron chi connectivity index (χ1n) is 7.65. The number of ether oxygens (including phenoxy) is 1. The van der Waals surface area contributed by atoms with Crippen LogP contribution in [0.2, 0.25) is 0 Å². The Balaban J connectivity index is 2.13. The van der Waals surface area contributed by atoms with Crippen LogP contribution in [0.25, 0.3) is 0 Å². The van der Waals surface area contributed by atoms with Crippen LogP contribution < -0.4 is 5.32 Å². The number of rotatable bonds is 6. The first-order chi connectivity index (χ1) is 12.0. The third kappa shape index (κ3) is 4.90. The molecule has 0 unspecified atom stereocenters. The van der Waals surface area contributed by atoms with Gasteiger partial charge in [0.25, 0.3) is 5.91 Å². The van der Waals surface area contributed by atoms with Gasteiger partial charge in [0.05, 0.1) is 18.7 Å². The van der Waals surface area contributed by atoms with Gasteiger partial charge in [0, 0.05) is 6.42 Å². The van der Waals surface area contributed by atoms with Crippen molar-refractivity contribution in [3.63, 3.8) is 0 Å². The summed E-state index contributed by atoms with van der Waals surface area (Å²) in [5.74, 6) is -1.32. The lowest BCUT2D eigenvalue weighted by molar-refractivity contribution is -0.146. The van der Waals surface area contributed by atoms with E-state index in [4.69, 9.17) is 10.00 Å². The zero-order chi connectivity index (χ0) is 18.2. The number of benzene rings is 2. The maximum atomic E-state index is 12.3. The smallest absolute Gasteiger partial charge is 0.328 e. The highest BCUT2D eigenvalue weighted by Gasteiger charge is 2.26. The van der Waals surface area contributed by atoms with Gasteiger partial charge >= 0.3 is 5.97 Å². The van der Waals surface area contributed by atoms with E-state index in [2.05, 4.69) is 5.32 Å². The highest BCUT2D eigenvalue weighted by molar-refractivity contribution is 5.87. The molecule has 0 aliphatic rings. The van der Waals surface area contributed by atoms with Gasteiger partial charge in [-0.1, -0.05) is 42.5 Å². The third-order valence-corrected chi connectivity index (χ3v) is 3.66. The largest absolute Gasteiger partial charge is 0.467 e. The highest BCUT2D eigenvalue weighted by Crippen LogP contribution is 2.14. The van der Waals surface area contributed by atoms with Crippen molar-refractivity contribution < 1.29 is 19.4 Å². The molecule has 0 fully saturated rings. The second kappa shape index (κ2) is 8.62. The average Bonchev–Trinajstić information content (AvgIpc) is 2.66. The van der Waals surface area contributed by atoms with Crippen molar-refractivity contribution in [3.8, 4) is 6.07 Å². The highest BCUT2D eigenvalue weighted by atomic mass is 16.5. The predicted octanol–water partition coefficient (Wildman–Crippen LogP) is 1.49. The minimum atomic E-state index is -1.39. The summed E-state index contributed by atoms with van der Waals surface area (Å²) < 4.78 is 4.73. The zero-order valence-electron chi connectivity index (χ0n) is 13.7. The number of hydrogen-bond acceptors (Lipinski definition) is 5. The van der Waals surface area contributed by atoms with E-state index in [1.165, 1.54) is 7.11 Å². The number of carbonyl (C=O) groups excluding carboxylic acids is 2. The summed E-state index contributed by atoms with van der Waals surface area (Å²) in [6.45, 7) is 0. The molecule has 2 rings (SSSR count). The molecule has 6 heteroatoms. The van der Waals surface area contributed by atoms with Crippen molar-refractivity contribution in [2.45, 2.75) is 18.6 Å². The van der Waals surface area contributed by atoms with Crippen LogP contribution in [0.1, 0.15) is 22.8 Å². The van der Waals surface area contributed by atoms with E-state index in [0.717, 1.165) is 0 Å². The van der Waals surface area contributed by atoms with E-state index in [0.29, 0.717) is 16.7 Å². The quantitative estimate of drug-likeness (QED) is 0.778. The Bertz CT molecular complexity index is 784. The van der Waals surface area contributed by atoms with Crippen LogP contribution in [-0.4, -0.2) is 30.1 Å². The van der Waals surface area contributed by atoms with Crippen LogP contribution in [0.3, 0.4) is 0 Å². The molecule has 0 saturated heterocycles. The van der Waals surface area contributed by atoms with E-state index in [-0.39, 0.29) is 6.42 Å². The second-order valence-electron chi connectivity index (χ2n) is 5.41. The maximum Gasteiger partial charge on any atom is 0.328 e. The van der Waals surface area contributed by atoms with Gasteiger partial charge in [-0.15, -0.1) is 0 Å². The molecule has 2 aromatic rings. The van der Waals surface area contributed by atoms with Crippen LogP contribution in [0, 0.1) is 11.3 Å². The molecule has 0 bridgehead atoms. The molecule has 2 aromatic carbocycles. The summed E-state index contributed by atoms with van der Waals surface area (Å²) in [7, 11) is 1.22. The Morgan fingerprint density at radius 3 is 2.56 bits per heavy atom. The second-order valence-corrected chi connectivity index (χ2v) is 5.41. The van der Waals surface area contributed by atoms with E-state index < -0.39 is 24.0 Å². The van der Waals surface area contributed by atoms with Gasteiger partial charge in [-0.3, -0.25) is 4.79 Å². The first-order valence-corrected chi connectivity index (χ1v) is 7.65. The van der Waals surface area contributed by atoms with Crippen molar-refractivity contribution in [2.24, 2.45) is 0 Å². The number of nitrogens with one attached hydrogen (secondary N) is 1. The third-order valence-electron chi connectivity index (χ3n) is 3.66. The van der Waals surface area contributed by atoms with E-state index in [1.807, 2.05) is 6.07 Å². The van der Waals surface area contributed by atoms with Crippen LogP contribution in [-0.2, 0) is 20.7 Å². The fraction of sp³-hybridized carbons (Fsp3) is 0.211. The summed E-state index contributed by atoms with van der Waals surface area (Å²) in [5.41, 5.74) is 1.58. The van der Waals surface area contributed by atoms with Gasteiger partial charge in [-0.2, -0.15) is 5.26 Å². The molecule has 25 heavy (non-hydrogen) atoms. The van der Waals surface area contributed by atoms with Gasteiger partial charge in [-0.05, 0) is 23.3 Å². The summed E-state index contributed by atoms with van der Waals surface area (Å²) in [4.78, 5) is 24.2. The molecule has 0 saturated carbocycles. The number of carbonyl (C=O) groups is 2. The molecule has 2 N–H and O–H groups in total. The number of nitriles is 1. The molecular formula is C19H18N2O4. The zero-order valence-corrected chi connectivity index (χ0v) is 13.7. The molecule has 6 nitrogen and oxygen atoms in total. The molecular weight excluding hydrogens is 320 g/mol. The minimum Gasteiger partial charge on any atom is -0.467 e.